The first-order chi connectivity index (χ1) is 14.4. The van der Waals surface area contributed by atoms with Crippen LogP contribution in [0.4, 0.5) is 16.2 Å². The minimum atomic E-state index is -0.394. The summed E-state index contributed by atoms with van der Waals surface area (Å²) in [5, 5.41) is 16.6. The molecule has 0 atom stereocenters. The molecule has 3 aromatic rings. The number of non-ortho nitro benzene ring substituents is 1. The fourth-order valence-corrected chi connectivity index (χ4v) is 3.28. The van der Waals surface area contributed by atoms with Crippen molar-refractivity contribution in [3.8, 4) is 0 Å². The molecular weight excluding hydrogens is 384 g/mol. The molecule has 0 unspecified atom stereocenters. The van der Waals surface area contributed by atoms with Crippen molar-refractivity contribution in [2.24, 2.45) is 0 Å². The SMILES string of the molecule is CCCCc1nc2cc(NC(=O)NCC)c(C)nc2n1Cc1cccc([N+](=O)[O-])c1. The number of amides is 2. The Bertz CT molecular complexity index is 1080. The summed E-state index contributed by atoms with van der Waals surface area (Å²) in [5.41, 5.74) is 3.54. The van der Waals surface area contributed by atoms with Crippen LogP contribution in [0.2, 0.25) is 0 Å². The van der Waals surface area contributed by atoms with Crippen LogP contribution in [0.15, 0.2) is 30.3 Å². The van der Waals surface area contributed by atoms with Gasteiger partial charge in [0.15, 0.2) is 5.65 Å². The summed E-state index contributed by atoms with van der Waals surface area (Å²) in [5.74, 6) is 0.875. The van der Waals surface area contributed by atoms with Gasteiger partial charge in [-0.25, -0.2) is 14.8 Å². The zero-order valence-electron chi connectivity index (χ0n) is 17.4. The monoisotopic (exact) mass is 410 g/mol. The van der Waals surface area contributed by atoms with Gasteiger partial charge in [0.2, 0.25) is 0 Å². The van der Waals surface area contributed by atoms with Crippen LogP contribution in [0.3, 0.4) is 0 Å². The van der Waals surface area contributed by atoms with E-state index in [4.69, 9.17) is 9.97 Å². The third-order valence-electron chi connectivity index (χ3n) is 4.79. The van der Waals surface area contributed by atoms with E-state index in [0.717, 1.165) is 30.7 Å². The third kappa shape index (κ3) is 4.73. The van der Waals surface area contributed by atoms with E-state index in [0.29, 0.717) is 35.6 Å². The maximum Gasteiger partial charge on any atom is 0.319 e. The van der Waals surface area contributed by atoms with E-state index < -0.39 is 4.92 Å². The van der Waals surface area contributed by atoms with E-state index in [9.17, 15) is 14.9 Å². The van der Waals surface area contributed by atoms with Gasteiger partial charge in [-0.1, -0.05) is 25.5 Å². The number of nitrogens with one attached hydrogen (secondary N) is 2. The summed E-state index contributed by atoms with van der Waals surface area (Å²) in [7, 11) is 0. The first-order valence-electron chi connectivity index (χ1n) is 10.1. The maximum atomic E-state index is 11.9. The second-order valence-corrected chi connectivity index (χ2v) is 7.09. The molecule has 2 aromatic heterocycles. The number of imidazole rings is 1. The first kappa shape index (κ1) is 21.2. The van der Waals surface area contributed by atoms with Gasteiger partial charge in [0, 0.05) is 25.1 Å². The molecule has 0 saturated heterocycles. The van der Waals surface area contributed by atoms with Gasteiger partial charge in [-0.15, -0.1) is 0 Å². The minimum absolute atomic E-state index is 0.0598. The van der Waals surface area contributed by atoms with Crippen molar-refractivity contribution >= 4 is 28.6 Å². The number of fused-ring (bicyclic) bond motifs is 1. The van der Waals surface area contributed by atoms with E-state index >= 15 is 0 Å². The highest BCUT2D eigenvalue weighted by atomic mass is 16.6. The molecular formula is C21H26N6O3. The van der Waals surface area contributed by atoms with Crippen LogP contribution >= 0.6 is 0 Å². The first-order valence-corrected chi connectivity index (χ1v) is 10.1. The number of aromatic nitrogens is 3. The highest BCUT2D eigenvalue weighted by Crippen LogP contribution is 2.24. The molecule has 0 aliphatic rings. The fraction of sp³-hybridized carbons (Fsp3) is 0.381. The summed E-state index contributed by atoms with van der Waals surface area (Å²) in [6.07, 6.45) is 2.78. The summed E-state index contributed by atoms with van der Waals surface area (Å²) >= 11 is 0. The topological polar surface area (TPSA) is 115 Å². The van der Waals surface area contributed by atoms with Crippen molar-refractivity contribution in [2.45, 2.75) is 46.6 Å². The lowest BCUT2D eigenvalue weighted by atomic mass is 10.2. The van der Waals surface area contributed by atoms with Gasteiger partial charge in [-0.2, -0.15) is 0 Å². The highest BCUT2D eigenvalue weighted by molar-refractivity contribution is 5.92. The molecule has 0 saturated carbocycles. The number of urea groups is 1. The summed E-state index contributed by atoms with van der Waals surface area (Å²) in [6, 6.07) is 8.14. The Balaban J connectivity index is 2.02. The lowest BCUT2D eigenvalue weighted by Crippen LogP contribution is -2.28. The number of hydrogen-bond acceptors (Lipinski definition) is 5. The number of nitrogens with zero attached hydrogens (tertiary/aromatic N) is 4. The minimum Gasteiger partial charge on any atom is -0.338 e. The summed E-state index contributed by atoms with van der Waals surface area (Å²) in [6.45, 7) is 6.76. The van der Waals surface area contributed by atoms with Gasteiger partial charge < -0.3 is 15.2 Å². The Morgan fingerprint density at radius 2 is 2.03 bits per heavy atom. The van der Waals surface area contributed by atoms with Gasteiger partial charge in [0.05, 0.1) is 22.8 Å². The smallest absolute Gasteiger partial charge is 0.319 e. The van der Waals surface area contributed by atoms with Crippen molar-refractivity contribution in [1.82, 2.24) is 19.9 Å². The van der Waals surface area contributed by atoms with Crippen LogP contribution < -0.4 is 10.6 Å². The normalized spacial score (nSPS) is 10.9. The van der Waals surface area contributed by atoms with E-state index in [1.807, 2.05) is 30.5 Å². The highest BCUT2D eigenvalue weighted by Gasteiger charge is 2.16. The molecule has 9 heteroatoms. The number of rotatable bonds is 8. The van der Waals surface area contributed by atoms with Crippen LogP contribution in [0.5, 0.6) is 0 Å². The molecule has 158 valence electrons. The lowest BCUT2D eigenvalue weighted by Gasteiger charge is -2.11. The maximum absolute atomic E-state index is 11.9. The zero-order valence-corrected chi connectivity index (χ0v) is 17.4. The van der Waals surface area contributed by atoms with Crippen molar-refractivity contribution < 1.29 is 9.72 Å². The summed E-state index contributed by atoms with van der Waals surface area (Å²) < 4.78 is 2.01. The molecule has 2 N–H and O–H groups in total. The molecule has 1 aromatic carbocycles. The van der Waals surface area contributed by atoms with Crippen molar-refractivity contribution in [2.75, 3.05) is 11.9 Å². The Kier molecular flexibility index (Phi) is 6.61. The van der Waals surface area contributed by atoms with E-state index in [1.165, 1.54) is 6.07 Å². The third-order valence-corrected chi connectivity index (χ3v) is 4.79. The second-order valence-electron chi connectivity index (χ2n) is 7.09. The van der Waals surface area contributed by atoms with Crippen molar-refractivity contribution in [3.05, 3.63) is 57.5 Å². The zero-order chi connectivity index (χ0) is 21.7. The molecule has 0 fully saturated rings. The van der Waals surface area contributed by atoms with E-state index in [1.54, 1.807) is 12.1 Å². The number of carbonyl (C=O) groups excluding carboxylic acids is 1. The average Bonchev–Trinajstić information content (AvgIpc) is 3.03. The quantitative estimate of drug-likeness (QED) is 0.427. The molecule has 0 aliphatic heterocycles. The largest absolute Gasteiger partial charge is 0.338 e. The number of anilines is 1. The van der Waals surface area contributed by atoms with Crippen molar-refractivity contribution in [3.63, 3.8) is 0 Å². The molecule has 3 rings (SSSR count). The van der Waals surface area contributed by atoms with Crippen LogP contribution in [-0.4, -0.2) is 32.0 Å². The van der Waals surface area contributed by atoms with Gasteiger partial charge in [0.1, 0.15) is 11.3 Å². The van der Waals surface area contributed by atoms with Gasteiger partial charge in [-0.3, -0.25) is 10.1 Å². The van der Waals surface area contributed by atoms with E-state index in [-0.39, 0.29) is 11.7 Å². The number of aryl methyl sites for hydroxylation is 2. The van der Waals surface area contributed by atoms with Crippen LogP contribution in [-0.2, 0) is 13.0 Å². The molecule has 0 bridgehead atoms. The number of benzene rings is 1. The van der Waals surface area contributed by atoms with Crippen LogP contribution in [0, 0.1) is 17.0 Å². The second kappa shape index (κ2) is 9.34. The lowest BCUT2D eigenvalue weighted by molar-refractivity contribution is -0.384. The predicted octanol–water partition coefficient (Wildman–Crippen LogP) is 4.18. The number of hydrogen-bond donors (Lipinski definition) is 2. The van der Waals surface area contributed by atoms with Gasteiger partial charge >= 0.3 is 6.03 Å². The van der Waals surface area contributed by atoms with Gasteiger partial charge in [-0.05, 0) is 31.9 Å². The Hall–Kier alpha value is -3.49. The standard InChI is InChI=1S/C21H26N6O3/c1-4-6-10-19-24-18-12-17(25-21(28)22-5-2)14(3)23-20(18)26(19)13-15-8-7-9-16(11-15)27(29)30/h7-9,11-12H,4-6,10,13H2,1-3H3,(H2,22,25,28). The van der Waals surface area contributed by atoms with E-state index in [2.05, 4.69) is 17.6 Å². The molecule has 2 heterocycles. The molecule has 0 spiro atoms. The Labute approximate surface area is 174 Å². The molecule has 9 nitrogen and oxygen atoms in total. The number of nitro groups is 1. The number of carbonyl (C=O) groups is 1. The van der Waals surface area contributed by atoms with Crippen molar-refractivity contribution in [1.29, 1.82) is 0 Å². The number of nitro benzene ring substituents is 1. The average molecular weight is 410 g/mol. The van der Waals surface area contributed by atoms with Crippen LogP contribution in [0.25, 0.3) is 11.2 Å². The number of unbranched alkanes of at least 4 members (excludes halogenated alkanes) is 1. The molecule has 0 aliphatic carbocycles. The fourth-order valence-electron chi connectivity index (χ4n) is 3.28. The molecule has 30 heavy (non-hydrogen) atoms. The van der Waals surface area contributed by atoms with Crippen LogP contribution in [0.1, 0.15) is 43.8 Å². The predicted molar refractivity (Wildman–Crippen MR) is 116 cm³/mol. The Morgan fingerprint density at radius 1 is 1.23 bits per heavy atom. The number of pyridine rings is 1. The Morgan fingerprint density at radius 3 is 2.73 bits per heavy atom. The molecule has 2 amide bonds. The van der Waals surface area contributed by atoms with Gasteiger partial charge in [0.25, 0.3) is 5.69 Å². The summed E-state index contributed by atoms with van der Waals surface area (Å²) in [4.78, 5) is 32.1. The molecule has 0 radical (unpaired) electrons.